The van der Waals surface area contributed by atoms with Gasteiger partial charge in [0.1, 0.15) is 23.7 Å². The SMILES string of the molecule is CCc1cc(N2CCC(NC(=O)c3cc(F)ccc3OC)CC2)ncn1. The first-order valence-corrected chi connectivity index (χ1v) is 8.81. The maximum absolute atomic E-state index is 13.5. The highest BCUT2D eigenvalue weighted by atomic mass is 19.1. The lowest BCUT2D eigenvalue weighted by Gasteiger charge is -2.33. The number of carbonyl (C=O) groups is 1. The van der Waals surface area contributed by atoms with Crippen molar-refractivity contribution in [1.82, 2.24) is 15.3 Å². The maximum Gasteiger partial charge on any atom is 0.255 e. The largest absolute Gasteiger partial charge is 0.496 e. The number of nitrogens with one attached hydrogen (secondary N) is 1. The second-order valence-corrected chi connectivity index (χ2v) is 6.30. The van der Waals surface area contributed by atoms with Gasteiger partial charge in [-0.05, 0) is 37.5 Å². The van der Waals surface area contributed by atoms with Crippen LogP contribution in [0.25, 0.3) is 0 Å². The molecule has 1 saturated heterocycles. The van der Waals surface area contributed by atoms with Crippen molar-refractivity contribution in [2.24, 2.45) is 0 Å². The molecule has 0 radical (unpaired) electrons. The van der Waals surface area contributed by atoms with Crippen LogP contribution < -0.4 is 15.0 Å². The van der Waals surface area contributed by atoms with Gasteiger partial charge < -0.3 is 15.0 Å². The van der Waals surface area contributed by atoms with Gasteiger partial charge in [-0.25, -0.2) is 14.4 Å². The lowest BCUT2D eigenvalue weighted by Crippen LogP contribution is -2.45. The van der Waals surface area contributed by atoms with Gasteiger partial charge >= 0.3 is 0 Å². The zero-order valence-electron chi connectivity index (χ0n) is 15.0. The highest BCUT2D eigenvalue weighted by molar-refractivity contribution is 5.97. The van der Waals surface area contributed by atoms with E-state index < -0.39 is 5.82 Å². The van der Waals surface area contributed by atoms with Gasteiger partial charge in [-0.2, -0.15) is 0 Å². The number of carbonyl (C=O) groups excluding carboxylic acids is 1. The average Bonchev–Trinajstić information content (AvgIpc) is 2.68. The third kappa shape index (κ3) is 4.09. The van der Waals surface area contributed by atoms with Crippen molar-refractivity contribution in [3.05, 3.63) is 47.7 Å². The van der Waals surface area contributed by atoms with Gasteiger partial charge in [0.15, 0.2) is 0 Å². The molecule has 1 aromatic carbocycles. The zero-order chi connectivity index (χ0) is 18.5. The first-order valence-electron chi connectivity index (χ1n) is 8.81. The summed E-state index contributed by atoms with van der Waals surface area (Å²) in [5.41, 5.74) is 1.24. The number of rotatable bonds is 5. The fourth-order valence-electron chi connectivity index (χ4n) is 3.13. The molecule has 1 aliphatic rings. The molecular formula is C19H23FN4O2. The van der Waals surface area contributed by atoms with Crippen LogP contribution in [0.5, 0.6) is 5.75 Å². The molecule has 0 aliphatic carbocycles. The second-order valence-electron chi connectivity index (χ2n) is 6.30. The third-order valence-corrected chi connectivity index (χ3v) is 4.63. The first kappa shape index (κ1) is 18.1. The van der Waals surface area contributed by atoms with Gasteiger partial charge in [0.25, 0.3) is 5.91 Å². The maximum atomic E-state index is 13.5. The van der Waals surface area contributed by atoms with Crippen molar-refractivity contribution in [2.45, 2.75) is 32.2 Å². The van der Waals surface area contributed by atoms with Crippen molar-refractivity contribution >= 4 is 11.7 Å². The summed E-state index contributed by atoms with van der Waals surface area (Å²) in [4.78, 5) is 23.3. The van der Waals surface area contributed by atoms with Crippen molar-refractivity contribution in [2.75, 3.05) is 25.1 Å². The molecular weight excluding hydrogens is 335 g/mol. The number of halogens is 1. The molecule has 138 valence electrons. The highest BCUT2D eigenvalue weighted by Gasteiger charge is 2.23. The molecule has 1 N–H and O–H groups in total. The number of hydrogen-bond donors (Lipinski definition) is 1. The Hall–Kier alpha value is -2.70. The number of nitrogens with zero attached hydrogens (tertiary/aromatic N) is 3. The molecule has 0 bridgehead atoms. The normalized spacial score (nSPS) is 15.0. The second kappa shape index (κ2) is 8.12. The van der Waals surface area contributed by atoms with Crippen LogP contribution in [-0.4, -0.2) is 42.1 Å². The Morgan fingerprint density at radius 3 is 2.77 bits per heavy atom. The minimum absolute atomic E-state index is 0.0409. The zero-order valence-corrected chi connectivity index (χ0v) is 15.0. The van der Waals surface area contributed by atoms with Crippen LogP contribution in [-0.2, 0) is 6.42 Å². The number of ether oxygens (including phenoxy) is 1. The van der Waals surface area contributed by atoms with Crippen LogP contribution in [0, 0.1) is 5.82 Å². The molecule has 1 fully saturated rings. The van der Waals surface area contributed by atoms with Gasteiger partial charge in [0.05, 0.1) is 12.7 Å². The van der Waals surface area contributed by atoms with E-state index >= 15 is 0 Å². The van der Waals surface area contributed by atoms with E-state index in [4.69, 9.17) is 4.74 Å². The average molecular weight is 358 g/mol. The van der Waals surface area contributed by atoms with E-state index in [1.165, 1.54) is 25.3 Å². The number of methoxy groups -OCH3 is 1. The molecule has 1 aromatic heterocycles. The Morgan fingerprint density at radius 2 is 2.08 bits per heavy atom. The number of amides is 1. The fourth-order valence-corrected chi connectivity index (χ4v) is 3.13. The standard InChI is InChI=1S/C19H23FN4O2/c1-3-14-11-18(22-12-21-14)24-8-6-15(7-9-24)23-19(25)16-10-13(20)4-5-17(16)26-2/h4-5,10-12,15H,3,6-9H2,1-2H3,(H,23,25). The van der Waals surface area contributed by atoms with Crippen LogP contribution in [0.2, 0.25) is 0 Å². The Kier molecular flexibility index (Phi) is 5.65. The summed E-state index contributed by atoms with van der Waals surface area (Å²) in [6.07, 6.45) is 4.07. The van der Waals surface area contributed by atoms with E-state index in [2.05, 4.69) is 27.1 Å². The molecule has 26 heavy (non-hydrogen) atoms. The fraction of sp³-hybridized carbons (Fsp3) is 0.421. The quantitative estimate of drug-likeness (QED) is 0.890. The summed E-state index contributed by atoms with van der Waals surface area (Å²) in [5.74, 6) is 0.527. The van der Waals surface area contributed by atoms with Crippen molar-refractivity contribution in [3.8, 4) is 5.75 Å². The first-order chi connectivity index (χ1) is 12.6. The summed E-state index contributed by atoms with van der Waals surface area (Å²) in [7, 11) is 1.47. The molecule has 1 aliphatic heterocycles. The van der Waals surface area contributed by atoms with Gasteiger partial charge in [-0.1, -0.05) is 6.92 Å². The lowest BCUT2D eigenvalue weighted by atomic mass is 10.0. The van der Waals surface area contributed by atoms with Crippen LogP contribution in [0.15, 0.2) is 30.6 Å². The number of hydrogen-bond acceptors (Lipinski definition) is 5. The number of piperidine rings is 1. The van der Waals surface area contributed by atoms with Gasteiger partial charge in [-0.3, -0.25) is 4.79 Å². The predicted molar refractivity (Wildman–Crippen MR) is 97.1 cm³/mol. The molecule has 0 unspecified atom stereocenters. The lowest BCUT2D eigenvalue weighted by molar-refractivity contribution is 0.0927. The minimum atomic E-state index is -0.457. The van der Waals surface area contributed by atoms with Crippen LogP contribution in [0.4, 0.5) is 10.2 Å². The van der Waals surface area contributed by atoms with E-state index in [1.54, 1.807) is 6.33 Å². The molecule has 0 saturated carbocycles. The van der Waals surface area contributed by atoms with Crippen molar-refractivity contribution < 1.29 is 13.9 Å². The van der Waals surface area contributed by atoms with Gasteiger partial charge in [0.2, 0.25) is 0 Å². The molecule has 0 spiro atoms. The Morgan fingerprint density at radius 1 is 1.31 bits per heavy atom. The summed E-state index contributed by atoms with van der Waals surface area (Å²) in [6.45, 7) is 3.66. The topological polar surface area (TPSA) is 67.4 Å². The number of anilines is 1. The highest BCUT2D eigenvalue weighted by Crippen LogP contribution is 2.21. The summed E-state index contributed by atoms with van der Waals surface area (Å²) in [6, 6.07) is 6.00. The Bertz CT molecular complexity index is 776. The van der Waals surface area contributed by atoms with Crippen molar-refractivity contribution in [3.63, 3.8) is 0 Å². The van der Waals surface area contributed by atoms with E-state index in [1.807, 2.05) is 6.07 Å². The van der Waals surface area contributed by atoms with Gasteiger partial charge in [-0.15, -0.1) is 0 Å². The van der Waals surface area contributed by atoms with Crippen LogP contribution in [0.3, 0.4) is 0 Å². The Labute approximate surface area is 152 Å². The van der Waals surface area contributed by atoms with Crippen LogP contribution >= 0.6 is 0 Å². The molecule has 2 aromatic rings. The smallest absolute Gasteiger partial charge is 0.255 e. The molecule has 1 amide bonds. The number of benzene rings is 1. The number of aromatic nitrogens is 2. The molecule has 3 rings (SSSR count). The predicted octanol–water partition coefficient (Wildman–Crippen LogP) is 2.59. The van der Waals surface area contributed by atoms with Crippen LogP contribution in [0.1, 0.15) is 35.8 Å². The third-order valence-electron chi connectivity index (χ3n) is 4.63. The summed E-state index contributed by atoms with van der Waals surface area (Å²) in [5, 5.41) is 2.99. The van der Waals surface area contributed by atoms with E-state index in [-0.39, 0.29) is 17.5 Å². The summed E-state index contributed by atoms with van der Waals surface area (Å²) >= 11 is 0. The molecule has 2 heterocycles. The minimum Gasteiger partial charge on any atom is -0.496 e. The molecule has 0 atom stereocenters. The molecule has 7 heteroatoms. The monoisotopic (exact) mass is 358 g/mol. The van der Waals surface area contributed by atoms with E-state index in [9.17, 15) is 9.18 Å². The molecule has 6 nitrogen and oxygen atoms in total. The van der Waals surface area contributed by atoms with E-state index in [0.29, 0.717) is 5.75 Å². The van der Waals surface area contributed by atoms with Gasteiger partial charge in [0, 0.05) is 30.9 Å². The Balaban J connectivity index is 1.60. The van der Waals surface area contributed by atoms with E-state index in [0.717, 1.165) is 43.9 Å². The number of aryl methyl sites for hydroxylation is 1. The summed E-state index contributed by atoms with van der Waals surface area (Å²) < 4.78 is 18.6. The van der Waals surface area contributed by atoms with Crippen molar-refractivity contribution in [1.29, 1.82) is 0 Å².